The summed E-state index contributed by atoms with van der Waals surface area (Å²) in [6.07, 6.45) is 0. The van der Waals surface area contributed by atoms with E-state index in [9.17, 15) is 8.78 Å². The molecule has 0 atom stereocenters. The average molecular weight is 293 g/mol. The van der Waals surface area contributed by atoms with Gasteiger partial charge in [-0.3, -0.25) is 0 Å². The van der Waals surface area contributed by atoms with Gasteiger partial charge in [0.15, 0.2) is 11.6 Å². The third-order valence-electron chi connectivity index (χ3n) is 2.71. The van der Waals surface area contributed by atoms with Crippen LogP contribution in [-0.4, -0.2) is 16.5 Å². The second-order valence-corrected chi connectivity index (χ2v) is 4.81. The van der Waals surface area contributed by atoms with Crippen LogP contribution in [0.4, 0.5) is 14.6 Å². The zero-order valence-electron chi connectivity index (χ0n) is 12.2. The Balaban J connectivity index is 2.31. The molecule has 0 saturated carbocycles. The molecule has 0 aliphatic heterocycles. The number of rotatable bonds is 5. The maximum Gasteiger partial charge on any atom is 0.224 e. The fourth-order valence-electron chi connectivity index (χ4n) is 1.69. The number of aromatic nitrogens is 2. The second-order valence-electron chi connectivity index (χ2n) is 4.81. The lowest BCUT2D eigenvalue weighted by molar-refractivity contribution is 0.443. The Morgan fingerprint density at radius 2 is 1.90 bits per heavy atom. The van der Waals surface area contributed by atoms with Gasteiger partial charge < -0.3 is 10.1 Å². The zero-order chi connectivity index (χ0) is 15.4. The predicted molar refractivity (Wildman–Crippen MR) is 76.7 cm³/mol. The van der Waals surface area contributed by atoms with Crippen molar-refractivity contribution in [2.24, 2.45) is 0 Å². The van der Waals surface area contributed by atoms with Crippen molar-refractivity contribution in [2.75, 3.05) is 11.9 Å². The summed E-state index contributed by atoms with van der Waals surface area (Å²) in [5.41, 5.74) is 0. The molecule has 0 radical (unpaired) electrons. The Hall–Kier alpha value is -2.24. The summed E-state index contributed by atoms with van der Waals surface area (Å²) in [4.78, 5) is 8.63. The van der Waals surface area contributed by atoms with Crippen molar-refractivity contribution in [3.63, 3.8) is 0 Å². The van der Waals surface area contributed by atoms with Crippen molar-refractivity contribution in [2.45, 2.75) is 26.7 Å². The van der Waals surface area contributed by atoms with Crippen LogP contribution in [0, 0.1) is 11.6 Å². The monoisotopic (exact) mass is 293 g/mol. The molecule has 1 aromatic carbocycles. The van der Waals surface area contributed by atoms with E-state index >= 15 is 0 Å². The number of nitrogens with one attached hydrogen (secondary N) is 1. The van der Waals surface area contributed by atoms with Crippen LogP contribution >= 0.6 is 0 Å². The fraction of sp³-hybridized carbons (Fsp3) is 0.333. The Morgan fingerprint density at radius 1 is 1.14 bits per heavy atom. The molecule has 0 saturated heterocycles. The molecule has 0 fully saturated rings. The molecule has 1 heterocycles. The van der Waals surface area contributed by atoms with Crippen LogP contribution in [0.2, 0.25) is 0 Å². The van der Waals surface area contributed by atoms with Crippen molar-refractivity contribution in [3.8, 4) is 11.6 Å². The van der Waals surface area contributed by atoms with E-state index in [0.29, 0.717) is 18.2 Å². The molecule has 0 aliphatic rings. The van der Waals surface area contributed by atoms with Crippen LogP contribution in [0.1, 0.15) is 32.5 Å². The normalized spacial score (nSPS) is 10.8. The van der Waals surface area contributed by atoms with E-state index in [-0.39, 0.29) is 17.5 Å². The van der Waals surface area contributed by atoms with Gasteiger partial charge in [0, 0.05) is 24.6 Å². The largest absolute Gasteiger partial charge is 0.439 e. The average Bonchev–Trinajstić information content (AvgIpc) is 2.43. The van der Waals surface area contributed by atoms with Crippen LogP contribution in [0.15, 0.2) is 24.3 Å². The van der Waals surface area contributed by atoms with Gasteiger partial charge in [-0.05, 0) is 19.1 Å². The van der Waals surface area contributed by atoms with E-state index in [1.807, 2.05) is 20.8 Å². The maximum absolute atomic E-state index is 13.2. The first-order chi connectivity index (χ1) is 9.99. The van der Waals surface area contributed by atoms with Gasteiger partial charge in [-0.25, -0.2) is 13.8 Å². The maximum atomic E-state index is 13.2. The fourth-order valence-corrected chi connectivity index (χ4v) is 1.69. The number of ether oxygens (including phenoxy) is 1. The van der Waals surface area contributed by atoms with E-state index in [1.165, 1.54) is 6.07 Å². The molecule has 0 unspecified atom stereocenters. The Bertz CT molecular complexity index is 632. The number of hydrogen-bond donors (Lipinski definition) is 1. The topological polar surface area (TPSA) is 47.0 Å². The molecule has 6 heteroatoms. The summed E-state index contributed by atoms with van der Waals surface area (Å²) < 4.78 is 31.6. The summed E-state index contributed by atoms with van der Waals surface area (Å²) in [5, 5.41) is 3.08. The third kappa shape index (κ3) is 3.87. The van der Waals surface area contributed by atoms with Gasteiger partial charge in [0.2, 0.25) is 5.88 Å². The first-order valence-electron chi connectivity index (χ1n) is 6.75. The van der Waals surface area contributed by atoms with Crippen LogP contribution in [0.5, 0.6) is 11.6 Å². The van der Waals surface area contributed by atoms with Gasteiger partial charge in [-0.15, -0.1) is 0 Å². The minimum absolute atomic E-state index is 0.121. The second kappa shape index (κ2) is 6.47. The van der Waals surface area contributed by atoms with E-state index < -0.39 is 11.6 Å². The minimum atomic E-state index is -0.961. The zero-order valence-corrected chi connectivity index (χ0v) is 12.2. The SMILES string of the molecule is CCNc1cc(Oc2ccc(F)c(F)c2)nc(C(C)C)n1. The highest BCUT2D eigenvalue weighted by Crippen LogP contribution is 2.25. The van der Waals surface area contributed by atoms with Gasteiger partial charge in [-0.2, -0.15) is 4.98 Å². The van der Waals surface area contributed by atoms with Crippen molar-refractivity contribution < 1.29 is 13.5 Å². The van der Waals surface area contributed by atoms with E-state index in [4.69, 9.17) is 4.74 Å². The summed E-state index contributed by atoms with van der Waals surface area (Å²) in [7, 11) is 0. The molecular weight excluding hydrogens is 276 g/mol. The Kier molecular flexibility index (Phi) is 4.67. The lowest BCUT2D eigenvalue weighted by Gasteiger charge is -2.11. The van der Waals surface area contributed by atoms with E-state index in [0.717, 1.165) is 12.1 Å². The number of benzene rings is 1. The highest BCUT2D eigenvalue weighted by molar-refractivity contribution is 5.40. The number of anilines is 1. The third-order valence-corrected chi connectivity index (χ3v) is 2.71. The Morgan fingerprint density at radius 3 is 2.52 bits per heavy atom. The molecule has 0 spiro atoms. The van der Waals surface area contributed by atoms with Crippen molar-refractivity contribution >= 4 is 5.82 Å². The molecule has 0 bridgehead atoms. The van der Waals surface area contributed by atoms with Crippen LogP contribution < -0.4 is 10.1 Å². The molecular formula is C15H17F2N3O. The smallest absolute Gasteiger partial charge is 0.224 e. The standard InChI is InChI=1S/C15H17F2N3O/c1-4-18-13-8-14(20-15(19-13)9(2)3)21-10-5-6-11(16)12(17)7-10/h5-9H,4H2,1-3H3,(H,18,19,20). The van der Waals surface area contributed by atoms with Crippen molar-refractivity contribution in [3.05, 3.63) is 41.7 Å². The molecule has 1 aromatic heterocycles. The number of hydrogen-bond acceptors (Lipinski definition) is 4. The van der Waals surface area contributed by atoms with Gasteiger partial charge in [0.05, 0.1) is 0 Å². The summed E-state index contributed by atoms with van der Waals surface area (Å²) in [6.45, 7) is 6.59. The van der Waals surface area contributed by atoms with Crippen molar-refractivity contribution in [1.29, 1.82) is 0 Å². The predicted octanol–water partition coefficient (Wildman–Crippen LogP) is 4.10. The highest BCUT2D eigenvalue weighted by atomic mass is 19.2. The molecule has 1 N–H and O–H groups in total. The molecule has 4 nitrogen and oxygen atoms in total. The quantitative estimate of drug-likeness (QED) is 0.901. The Labute approximate surface area is 122 Å². The molecule has 21 heavy (non-hydrogen) atoms. The minimum Gasteiger partial charge on any atom is -0.439 e. The first-order valence-corrected chi connectivity index (χ1v) is 6.75. The summed E-state index contributed by atoms with van der Waals surface area (Å²) in [6, 6.07) is 4.97. The summed E-state index contributed by atoms with van der Waals surface area (Å²) >= 11 is 0. The van der Waals surface area contributed by atoms with Crippen LogP contribution in [0.3, 0.4) is 0 Å². The van der Waals surface area contributed by atoms with Gasteiger partial charge in [0.25, 0.3) is 0 Å². The van der Waals surface area contributed by atoms with Crippen LogP contribution in [0.25, 0.3) is 0 Å². The number of nitrogens with zero attached hydrogens (tertiary/aromatic N) is 2. The van der Waals surface area contributed by atoms with Gasteiger partial charge in [-0.1, -0.05) is 13.8 Å². The highest BCUT2D eigenvalue weighted by Gasteiger charge is 2.10. The lowest BCUT2D eigenvalue weighted by atomic mass is 10.2. The molecule has 0 aliphatic carbocycles. The molecule has 112 valence electrons. The summed E-state index contributed by atoms with van der Waals surface area (Å²) in [5.74, 6) is -0.0325. The van der Waals surface area contributed by atoms with Crippen molar-refractivity contribution in [1.82, 2.24) is 9.97 Å². The molecule has 2 aromatic rings. The van der Waals surface area contributed by atoms with E-state index in [1.54, 1.807) is 6.07 Å². The van der Waals surface area contributed by atoms with Gasteiger partial charge >= 0.3 is 0 Å². The first kappa shape index (κ1) is 15.2. The van der Waals surface area contributed by atoms with Gasteiger partial charge in [0.1, 0.15) is 17.4 Å². The lowest BCUT2D eigenvalue weighted by Crippen LogP contribution is -2.06. The number of halogens is 2. The van der Waals surface area contributed by atoms with Crippen LogP contribution in [-0.2, 0) is 0 Å². The van der Waals surface area contributed by atoms with E-state index in [2.05, 4.69) is 15.3 Å². The molecule has 0 amide bonds. The molecule has 2 rings (SSSR count).